The molecule has 4 saturated carbocycles. The second kappa shape index (κ2) is 4.91. The summed E-state index contributed by atoms with van der Waals surface area (Å²) in [5.41, 5.74) is 7.06. The number of carbonyl (C=O) groups is 1. The Hall–Kier alpha value is -1.22. The summed E-state index contributed by atoms with van der Waals surface area (Å²) in [4.78, 5) is 12.8. The molecule has 0 radical (unpaired) electrons. The number of carbonyl (C=O) groups excluding carboxylic acids is 1. The lowest BCUT2D eigenvalue weighted by atomic mass is 9.51. The van der Waals surface area contributed by atoms with Gasteiger partial charge in [-0.2, -0.15) is 0 Å². The quantitative estimate of drug-likeness (QED) is 0.813. The fourth-order valence-electron chi connectivity index (χ4n) is 5.21. The second-order valence-electron chi connectivity index (χ2n) is 7.19. The minimum Gasteiger partial charge on any atom is -0.399 e. The van der Waals surface area contributed by atoms with Crippen LogP contribution in [-0.2, 0) is 4.79 Å². The molecule has 1 aromatic carbocycles. The molecule has 0 unspecified atom stereocenters. The maximum absolute atomic E-state index is 12.8. The van der Waals surface area contributed by atoms with E-state index in [1.54, 1.807) is 18.2 Å². The van der Waals surface area contributed by atoms with Gasteiger partial charge in [-0.15, -0.1) is 0 Å². The van der Waals surface area contributed by atoms with Gasteiger partial charge in [0.15, 0.2) is 0 Å². The van der Waals surface area contributed by atoms with Gasteiger partial charge in [0.2, 0.25) is 5.91 Å². The Morgan fingerprint density at radius 1 is 1.10 bits per heavy atom. The highest BCUT2D eigenvalue weighted by molar-refractivity contribution is 6.33. The monoisotopic (exact) mass is 304 g/mol. The van der Waals surface area contributed by atoms with Crippen molar-refractivity contribution in [3.05, 3.63) is 23.2 Å². The Labute approximate surface area is 130 Å². The van der Waals surface area contributed by atoms with Crippen molar-refractivity contribution >= 4 is 28.9 Å². The molecule has 112 valence electrons. The van der Waals surface area contributed by atoms with Gasteiger partial charge in [-0.3, -0.25) is 4.79 Å². The number of rotatable bonds is 2. The molecule has 4 aliphatic carbocycles. The van der Waals surface area contributed by atoms with E-state index in [2.05, 4.69) is 5.32 Å². The highest BCUT2D eigenvalue weighted by Crippen LogP contribution is 2.56. The summed E-state index contributed by atoms with van der Waals surface area (Å²) in [6.45, 7) is 0. The highest BCUT2D eigenvalue weighted by atomic mass is 35.5. The molecule has 1 aromatic rings. The van der Waals surface area contributed by atoms with Crippen LogP contribution >= 0.6 is 11.6 Å². The van der Waals surface area contributed by atoms with Crippen molar-refractivity contribution in [3.63, 3.8) is 0 Å². The number of nitrogen functional groups attached to an aromatic ring is 1. The van der Waals surface area contributed by atoms with Gasteiger partial charge in [-0.25, -0.2) is 0 Å². The van der Waals surface area contributed by atoms with Crippen LogP contribution in [0.25, 0.3) is 0 Å². The molecule has 3 N–H and O–H groups in total. The van der Waals surface area contributed by atoms with Gasteiger partial charge >= 0.3 is 0 Å². The minimum absolute atomic E-state index is 0.149. The summed E-state index contributed by atoms with van der Waals surface area (Å²) in [5.74, 6) is 3.26. The van der Waals surface area contributed by atoms with E-state index in [9.17, 15) is 4.79 Å². The molecular weight excluding hydrogens is 284 g/mol. The van der Waals surface area contributed by atoms with Crippen LogP contribution in [0.5, 0.6) is 0 Å². The Balaban J connectivity index is 1.54. The van der Waals surface area contributed by atoms with Crippen molar-refractivity contribution in [2.45, 2.75) is 32.1 Å². The largest absolute Gasteiger partial charge is 0.399 e. The van der Waals surface area contributed by atoms with E-state index in [0.29, 0.717) is 28.2 Å². The first-order chi connectivity index (χ1) is 10.1. The molecule has 0 aromatic heterocycles. The summed E-state index contributed by atoms with van der Waals surface area (Å²) in [5, 5.41) is 3.58. The Kier molecular flexibility index (Phi) is 3.14. The standard InChI is InChI=1S/C17H21ClN2O/c18-14-2-1-13(19)8-15(14)20-17(21)16-11-4-9-3-10(6-11)7-12(16)5-9/h1-2,8-12,16H,3-7,19H2,(H,20,21). The summed E-state index contributed by atoms with van der Waals surface area (Å²) in [6, 6.07) is 5.24. The first-order valence-electron chi connectivity index (χ1n) is 7.96. The van der Waals surface area contributed by atoms with E-state index in [-0.39, 0.29) is 11.8 Å². The molecule has 0 heterocycles. The van der Waals surface area contributed by atoms with Gasteiger partial charge in [0.05, 0.1) is 10.7 Å². The van der Waals surface area contributed by atoms with E-state index < -0.39 is 0 Å². The SMILES string of the molecule is Nc1ccc(Cl)c(NC(=O)C2C3CC4CC(C3)CC2C4)c1. The van der Waals surface area contributed by atoms with E-state index in [4.69, 9.17) is 17.3 Å². The number of hydrogen-bond acceptors (Lipinski definition) is 2. The third-order valence-corrected chi connectivity index (χ3v) is 6.11. The number of amides is 1. The van der Waals surface area contributed by atoms with E-state index in [1.807, 2.05) is 0 Å². The molecule has 3 nitrogen and oxygen atoms in total. The third kappa shape index (κ3) is 2.32. The summed E-state index contributed by atoms with van der Waals surface area (Å²) >= 11 is 6.16. The van der Waals surface area contributed by atoms with Crippen LogP contribution in [0.4, 0.5) is 11.4 Å². The van der Waals surface area contributed by atoms with Crippen molar-refractivity contribution in [2.24, 2.45) is 29.6 Å². The molecule has 0 aliphatic heterocycles. The average molecular weight is 305 g/mol. The number of nitrogens with two attached hydrogens (primary N) is 1. The number of halogens is 1. The van der Waals surface area contributed by atoms with Crippen LogP contribution in [0.15, 0.2) is 18.2 Å². The lowest BCUT2D eigenvalue weighted by Crippen LogP contribution is -2.49. The van der Waals surface area contributed by atoms with E-state index in [1.165, 1.54) is 32.1 Å². The summed E-state index contributed by atoms with van der Waals surface area (Å²) in [6.07, 6.45) is 6.39. The van der Waals surface area contributed by atoms with Gasteiger partial charge in [0.1, 0.15) is 0 Å². The van der Waals surface area contributed by atoms with Crippen molar-refractivity contribution in [3.8, 4) is 0 Å². The third-order valence-electron chi connectivity index (χ3n) is 5.78. The zero-order valence-electron chi connectivity index (χ0n) is 12.0. The second-order valence-corrected chi connectivity index (χ2v) is 7.59. The maximum Gasteiger partial charge on any atom is 0.228 e. The number of hydrogen-bond donors (Lipinski definition) is 2. The Bertz CT molecular complexity index is 558. The lowest BCUT2D eigenvalue weighted by Gasteiger charge is -2.53. The molecular formula is C17H21ClN2O. The summed E-state index contributed by atoms with van der Waals surface area (Å²) in [7, 11) is 0. The van der Waals surface area contributed by atoms with Crippen LogP contribution in [0.2, 0.25) is 5.02 Å². The van der Waals surface area contributed by atoms with Gasteiger partial charge in [-0.1, -0.05) is 11.6 Å². The van der Waals surface area contributed by atoms with Gasteiger partial charge in [0.25, 0.3) is 0 Å². The van der Waals surface area contributed by atoms with Crippen LogP contribution in [-0.4, -0.2) is 5.91 Å². The smallest absolute Gasteiger partial charge is 0.228 e. The molecule has 4 aliphatic rings. The zero-order chi connectivity index (χ0) is 14.6. The first kappa shape index (κ1) is 13.4. The molecule has 4 bridgehead atoms. The predicted octanol–water partition coefficient (Wildman–Crippen LogP) is 3.93. The minimum atomic E-state index is 0.149. The predicted molar refractivity (Wildman–Crippen MR) is 85.0 cm³/mol. The van der Waals surface area contributed by atoms with Gasteiger partial charge in [-0.05, 0) is 74.0 Å². The van der Waals surface area contributed by atoms with E-state index >= 15 is 0 Å². The number of nitrogens with one attached hydrogen (secondary N) is 1. The molecule has 5 rings (SSSR count). The number of anilines is 2. The molecule has 4 fully saturated rings. The van der Waals surface area contributed by atoms with Crippen molar-refractivity contribution in [1.29, 1.82) is 0 Å². The van der Waals surface area contributed by atoms with Crippen molar-refractivity contribution in [2.75, 3.05) is 11.1 Å². The molecule has 0 saturated heterocycles. The van der Waals surface area contributed by atoms with E-state index in [0.717, 1.165) is 11.8 Å². The fraction of sp³-hybridized carbons (Fsp3) is 0.588. The summed E-state index contributed by atoms with van der Waals surface area (Å²) < 4.78 is 0. The fourth-order valence-corrected chi connectivity index (χ4v) is 5.37. The van der Waals surface area contributed by atoms with Crippen LogP contribution < -0.4 is 11.1 Å². The topological polar surface area (TPSA) is 55.1 Å². The van der Waals surface area contributed by atoms with Crippen LogP contribution in [0, 0.1) is 29.6 Å². The maximum atomic E-state index is 12.8. The first-order valence-corrected chi connectivity index (χ1v) is 8.34. The molecule has 0 spiro atoms. The highest BCUT2D eigenvalue weighted by Gasteiger charge is 2.50. The lowest BCUT2D eigenvalue weighted by molar-refractivity contribution is -0.132. The molecule has 4 heteroatoms. The van der Waals surface area contributed by atoms with Gasteiger partial charge in [0, 0.05) is 11.6 Å². The number of benzene rings is 1. The van der Waals surface area contributed by atoms with Crippen molar-refractivity contribution in [1.82, 2.24) is 0 Å². The zero-order valence-corrected chi connectivity index (χ0v) is 12.8. The normalized spacial score (nSPS) is 36.7. The van der Waals surface area contributed by atoms with Crippen molar-refractivity contribution < 1.29 is 4.79 Å². The Morgan fingerprint density at radius 3 is 2.33 bits per heavy atom. The van der Waals surface area contributed by atoms with Gasteiger partial charge < -0.3 is 11.1 Å². The average Bonchev–Trinajstić information content (AvgIpc) is 2.41. The molecule has 21 heavy (non-hydrogen) atoms. The Morgan fingerprint density at radius 2 is 1.71 bits per heavy atom. The molecule has 1 amide bonds. The van der Waals surface area contributed by atoms with Crippen LogP contribution in [0.1, 0.15) is 32.1 Å². The molecule has 0 atom stereocenters. The van der Waals surface area contributed by atoms with Crippen LogP contribution in [0.3, 0.4) is 0 Å².